The number of nitrogens with zero attached hydrogens (tertiary/aromatic N) is 1. The smallest absolute Gasteiger partial charge is 0.223 e. The number of ether oxygens (including phenoxy) is 1. The second kappa shape index (κ2) is 7.72. The summed E-state index contributed by atoms with van der Waals surface area (Å²) in [6, 6.07) is 8.19. The zero-order valence-electron chi connectivity index (χ0n) is 15.7. The molecule has 3 atom stereocenters. The number of carbonyl (C=O) groups excluding carboxylic acids is 2. The van der Waals surface area contributed by atoms with Gasteiger partial charge in [-0.25, -0.2) is 0 Å². The van der Waals surface area contributed by atoms with Gasteiger partial charge in [-0.1, -0.05) is 18.2 Å². The molecule has 1 aliphatic carbocycles. The van der Waals surface area contributed by atoms with Crippen molar-refractivity contribution >= 4 is 22.7 Å². The highest BCUT2D eigenvalue weighted by Crippen LogP contribution is 2.33. The van der Waals surface area contributed by atoms with Gasteiger partial charge in [0.05, 0.1) is 18.8 Å². The van der Waals surface area contributed by atoms with Gasteiger partial charge in [0.25, 0.3) is 0 Å². The predicted octanol–water partition coefficient (Wildman–Crippen LogP) is 2.24. The molecule has 2 fully saturated rings. The number of H-pyrrole nitrogens is 1. The lowest BCUT2D eigenvalue weighted by Gasteiger charge is -2.45. The van der Waals surface area contributed by atoms with Crippen LogP contribution >= 0.6 is 0 Å². The maximum absolute atomic E-state index is 13.0. The first-order valence-corrected chi connectivity index (χ1v) is 9.85. The first-order valence-electron chi connectivity index (χ1n) is 9.85. The number of hydrogen-bond acceptors (Lipinski definition) is 3. The standard InChI is InChI=1S/C21H27N3O3/c1-22-21(26)14-6-8-19-18(12-14)24(10-11-27-19)20(25)9-7-15-13-23-17-5-3-2-4-16(15)17/h2-5,13-14,18-19,23H,6-12H2,1H3,(H,22,26)/t14-,18+,19+/m0/s1. The Bertz CT molecular complexity index is 831. The van der Waals surface area contributed by atoms with Gasteiger partial charge >= 0.3 is 0 Å². The van der Waals surface area contributed by atoms with E-state index >= 15 is 0 Å². The third kappa shape index (κ3) is 3.58. The second-order valence-corrected chi connectivity index (χ2v) is 7.55. The molecule has 2 heterocycles. The molecule has 0 unspecified atom stereocenters. The molecule has 1 saturated carbocycles. The molecule has 6 heteroatoms. The zero-order chi connectivity index (χ0) is 18.8. The molecule has 1 aromatic heterocycles. The number of rotatable bonds is 4. The Morgan fingerprint density at radius 1 is 1.30 bits per heavy atom. The maximum Gasteiger partial charge on any atom is 0.223 e. The lowest BCUT2D eigenvalue weighted by molar-refractivity contribution is -0.154. The van der Waals surface area contributed by atoms with E-state index in [1.54, 1.807) is 7.05 Å². The second-order valence-electron chi connectivity index (χ2n) is 7.55. The van der Waals surface area contributed by atoms with Crippen molar-refractivity contribution in [2.45, 2.75) is 44.2 Å². The number of nitrogens with one attached hydrogen (secondary N) is 2. The van der Waals surface area contributed by atoms with Crippen LogP contribution in [-0.4, -0.2) is 54.0 Å². The topological polar surface area (TPSA) is 74.4 Å². The molecule has 1 saturated heterocycles. The molecule has 0 bridgehead atoms. The first-order chi connectivity index (χ1) is 13.2. The van der Waals surface area contributed by atoms with Crippen LogP contribution in [-0.2, 0) is 20.7 Å². The largest absolute Gasteiger partial charge is 0.374 e. The van der Waals surface area contributed by atoms with E-state index in [-0.39, 0.29) is 29.9 Å². The summed E-state index contributed by atoms with van der Waals surface area (Å²) >= 11 is 0. The van der Waals surface area contributed by atoms with E-state index in [4.69, 9.17) is 4.74 Å². The van der Waals surface area contributed by atoms with Gasteiger partial charge < -0.3 is 19.9 Å². The molecule has 2 amide bonds. The summed E-state index contributed by atoms with van der Waals surface area (Å²) in [7, 11) is 1.68. The summed E-state index contributed by atoms with van der Waals surface area (Å²) in [6.45, 7) is 1.21. The molecule has 6 nitrogen and oxygen atoms in total. The van der Waals surface area contributed by atoms with Crippen molar-refractivity contribution < 1.29 is 14.3 Å². The summed E-state index contributed by atoms with van der Waals surface area (Å²) in [5.74, 6) is 0.211. The third-order valence-electron chi connectivity index (χ3n) is 6.04. The molecular formula is C21H27N3O3. The van der Waals surface area contributed by atoms with Crippen LogP contribution in [0.2, 0.25) is 0 Å². The Morgan fingerprint density at radius 3 is 3.00 bits per heavy atom. The summed E-state index contributed by atoms with van der Waals surface area (Å²) in [4.78, 5) is 30.3. The van der Waals surface area contributed by atoms with Crippen molar-refractivity contribution in [1.29, 1.82) is 0 Å². The van der Waals surface area contributed by atoms with E-state index in [1.807, 2.05) is 29.3 Å². The summed E-state index contributed by atoms with van der Waals surface area (Å²) in [5.41, 5.74) is 2.28. The monoisotopic (exact) mass is 369 g/mol. The van der Waals surface area contributed by atoms with Crippen molar-refractivity contribution in [2.24, 2.45) is 5.92 Å². The zero-order valence-corrected chi connectivity index (χ0v) is 15.7. The number of hydrogen-bond donors (Lipinski definition) is 2. The Morgan fingerprint density at radius 2 is 2.15 bits per heavy atom. The summed E-state index contributed by atoms with van der Waals surface area (Å²) < 4.78 is 5.90. The lowest BCUT2D eigenvalue weighted by atomic mass is 9.81. The molecule has 4 rings (SSSR count). The van der Waals surface area contributed by atoms with Crippen molar-refractivity contribution in [3.63, 3.8) is 0 Å². The van der Waals surface area contributed by atoms with Crippen LogP contribution in [0, 0.1) is 5.92 Å². The summed E-state index contributed by atoms with van der Waals surface area (Å²) in [5, 5.41) is 3.93. The van der Waals surface area contributed by atoms with Crippen LogP contribution in [0.25, 0.3) is 10.9 Å². The van der Waals surface area contributed by atoms with Gasteiger partial charge in [-0.05, 0) is 37.3 Å². The van der Waals surface area contributed by atoms with Crippen LogP contribution in [0.4, 0.5) is 0 Å². The number of carbonyl (C=O) groups is 2. The quantitative estimate of drug-likeness (QED) is 0.868. The number of morpholine rings is 1. The minimum atomic E-state index is -0.0260. The third-order valence-corrected chi connectivity index (χ3v) is 6.04. The fourth-order valence-corrected chi connectivity index (χ4v) is 4.59. The van der Waals surface area contributed by atoms with Crippen molar-refractivity contribution in [3.8, 4) is 0 Å². The Labute approximate surface area is 159 Å². The molecule has 0 radical (unpaired) electrons. The molecule has 2 N–H and O–H groups in total. The Hall–Kier alpha value is -2.34. The number of benzene rings is 1. The number of aromatic nitrogens is 1. The molecule has 27 heavy (non-hydrogen) atoms. The van der Waals surface area contributed by atoms with Crippen LogP contribution in [0.1, 0.15) is 31.2 Å². The first kappa shape index (κ1) is 18.0. The molecule has 1 aliphatic heterocycles. The highest BCUT2D eigenvalue weighted by molar-refractivity contribution is 5.84. The number of fused-ring (bicyclic) bond motifs is 2. The van der Waals surface area contributed by atoms with Crippen molar-refractivity contribution in [2.75, 3.05) is 20.2 Å². The van der Waals surface area contributed by atoms with Gasteiger partial charge in [-0.3, -0.25) is 9.59 Å². The van der Waals surface area contributed by atoms with Gasteiger partial charge in [0, 0.05) is 43.0 Å². The van der Waals surface area contributed by atoms with Gasteiger partial charge in [-0.15, -0.1) is 0 Å². The average Bonchev–Trinajstić information content (AvgIpc) is 3.13. The number of aromatic amines is 1. The van der Waals surface area contributed by atoms with E-state index in [9.17, 15) is 9.59 Å². The molecule has 144 valence electrons. The van der Waals surface area contributed by atoms with Crippen LogP contribution in [0.3, 0.4) is 0 Å². The minimum absolute atomic E-state index is 0.0188. The molecule has 2 aromatic rings. The Balaban J connectivity index is 1.43. The fraction of sp³-hybridized carbons (Fsp3) is 0.524. The van der Waals surface area contributed by atoms with Crippen LogP contribution in [0.15, 0.2) is 30.5 Å². The van der Waals surface area contributed by atoms with Crippen LogP contribution < -0.4 is 5.32 Å². The molecule has 2 aliphatic rings. The van der Waals surface area contributed by atoms with E-state index in [0.29, 0.717) is 26.0 Å². The minimum Gasteiger partial charge on any atom is -0.374 e. The maximum atomic E-state index is 13.0. The van der Waals surface area contributed by atoms with E-state index in [1.165, 1.54) is 10.9 Å². The molecule has 0 spiro atoms. The van der Waals surface area contributed by atoms with Gasteiger partial charge in [0.2, 0.25) is 11.8 Å². The highest BCUT2D eigenvalue weighted by Gasteiger charge is 2.41. The van der Waals surface area contributed by atoms with Gasteiger partial charge in [-0.2, -0.15) is 0 Å². The fourth-order valence-electron chi connectivity index (χ4n) is 4.59. The van der Waals surface area contributed by atoms with Gasteiger partial charge in [0.1, 0.15) is 0 Å². The van der Waals surface area contributed by atoms with Gasteiger partial charge in [0.15, 0.2) is 0 Å². The average molecular weight is 369 g/mol. The lowest BCUT2D eigenvalue weighted by Crippen LogP contribution is -2.57. The van der Waals surface area contributed by atoms with Crippen molar-refractivity contribution in [3.05, 3.63) is 36.0 Å². The number of para-hydroxylation sites is 1. The molecule has 1 aromatic carbocycles. The molecular weight excluding hydrogens is 342 g/mol. The van der Waals surface area contributed by atoms with Crippen LogP contribution in [0.5, 0.6) is 0 Å². The predicted molar refractivity (Wildman–Crippen MR) is 103 cm³/mol. The van der Waals surface area contributed by atoms with Crippen molar-refractivity contribution in [1.82, 2.24) is 15.2 Å². The Kier molecular flexibility index (Phi) is 5.16. The number of amides is 2. The normalized spacial score (nSPS) is 25.2. The summed E-state index contributed by atoms with van der Waals surface area (Å²) in [6.07, 6.45) is 5.64. The van der Waals surface area contributed by atoms with E-state index in [2.05, 4.69) is 16.4 Å². The SMILES string of the molecule is CNC(=O)[C@H]1CC[C@H]2OCCN(C(=O)CCc3c[nH]c4ccccc34)[C@@H]2C1. The highest BCUT2D eigenvalue weighted by atomic mass is 16.5. The number of aryl methyl sites for hydroxylation is 1. The van der Waals surface area contributed by atoms with E-state index in [0.717, 1.165) is 24.8 Å². The van der Waals surface area contributed by atoms with E-state index < -0.39 is 0 Å².